The molecule has 19 heavy (non-hydrogen) atoms. The molecule has 3 rings (SSSR count). The molecule has 2 fully saturated rings. The molecule has 5 atom stereocenters. The highest BCUT2D eigenvalue weighted by molar-refractivity contribution is 5.08. The Kier molecular flexibility index (Phi) is 2.95. The van der Waals surface area contributed by atoms with Gasteiger partial charge in [0.25, 0.3) is 5.56 Å². The molecule has 3 heterocycles. The molecule has 4 N–H and O–H groups in total. The van der Waals surface area contributed by atoms with E-state index in [1.807, 2.05) is 0 Å². The molecular formula is C12H16N2O5. The van der Waals surface area contributed by atoms with E-state index < -0.39 is 30.1 Å². The first kappa shape index (κ1) is 12.8. The van der Waals surface area contributed by atoms with Crippen molar-refractivity contribution in [2.24, 2.45) is 5.73 Å². The zero-order valence-electron chi connectivity index (χ0n) is 10.2. The lowest BCUT2D eigenvalue weighted by molar-refractivity contribution is -0.231. The number of aromatic nitrogens is 1. The Morgan fingerprint density at radius 2 is 2.26 bits per heavy atom. The Morgan fingerprint density at radius 1 is 1.47 bits per heavy atom. The lowest BCUT2D eigenvalue weighted by Crippen LogP contribution is -2.62. The zero-order chi connectivity index (χ0) is 13.6. The topological polar surface area (TPSA) is 107 Å². The summed E-state index contributed by atoms with van der Waals surface area (Å²) < 4.78 is 12.4. The van der Waals surface area contributed by atoms with Crippen molar-refractivity contribution in [2.45, 2.75) is 30.1 Å². The molecule has 7 heteroatoms. The zero-order valence-corrected chi connectivity index (χ0v) is 10.2. The van der Waals surface area contributed by atoms with Gasteiger partial charge in [-0.05, 0) is 6.07 Å². The molecule has 2 saturated heterocycles. The van der Waals surface area contributed by atoms with E-state index in [0.717, 1.165) is 0 Å². The van der Waals surface area contributed by atoms with E-state index in [1.165, 1.54) is 16.8 Å². The Hall–Kier alpha value is -1.25. The first-order valence-electron chi connectivity index (χ1n) is 6.12. The number of nitrogens with two attached hydrogens (primary N) is 1. The summed E-state index contributed by atoms with van der Waals surface area (Å²) >= 11 is 0. The van der Waals surface area contributed by atoms with Crippen LogP contribution in [-0.2, 0) is 9.47 Å². The van der Waals surface area contributed by atoms with Gasteiger partial charge in [0.2, 0.25) is 0 Å². The SMILES string of the molecule is NC[C@@]12COC(O1)C(n1ccccc1=O)[C@@H](O)[C@H]2O. The van der Waals surface area contributed by atoms with Gasteiger partial charge in [-0.25, -0.2) is 0 Å². The summed E-state index contributed by atoms with van der Waals surface area (Å²) in [4.78, 5) is 11.8. The molecule has 2 bridgehead atoms. The van der Waals surface area contributed by atoms with Crippen molar-refractivity contribution in [1.29, 1.82) is 0 Å². The van der Waals surface area contributed by atoms with Gasteiger partial charge in [0.1, 0.15) is 23.9 Å². The molecule has 0 amide bonds. The highest BCUT2D eigenvalue weighted by Crippen LogP contribution is 2.41. The fourth-order valence-corrected chi connectivity index (χ4v) is 2.71. The number of pyridine rings is 1. The molecule has 2 aliphatic rings. The molecule has 2 aliphatic heterocycles. The Morgan fingerprint density at radius 3 is 2.95 bits per heavy atom. The quantitative estimate of drug-likeness (QED) is 0.584. The molecule has 104 valence electrons. The first-order chi connectivity index (χ1) is 9.09. The number of aliphatic hydroxyl groups excluding tert-OH is 2. The molecule has 0 radical (unpaired) electrons. The van der Waals surface area contributed by atoms with Crippen LogP contribution >= 0.6 is 0 Å². The molecule has 0 spiro atoms. The summed E-state index contributed by atoms with van der Waals surface area (Å²) in [6.07, 6.45) is -1.64. The number of nitrogens with zero attached hydrogens (tertiary/aromatic N) is 1. The monoisotopic (exact) mass is 268 g/mol. The third-order valence-electron chi connectivity index (χ3n) is 3.85. The van der Waals surface area contributed by atoms with Crippen LogP contribution in [0, 0.1) is 0 Å². The summed E-state index contributed by atoms with van der Waals surface area (Å²) in [5, 5.41) is 20.5. The molecular weight excluding hydrogens is 252 g/mol. The van der Waals surface area contributed by atoms with Gasteiger partial charge < -0.3 is 30.0 Å². The molecule has 0 aliphatic carbocycles. The summed E-state index contributed by atoms with van der Waals surface area (Å²) in [5.41, 5.74) is 4.22. The minimum Gasteiger partial charge on any atom is -0.388 e. The molecule has 1 aromatic heterocycles. The van der Waals surface area contributed by atoms with Gasteiger partial charge in [-0.1, -0.05) is 6.07 Å². The minimum absolute atomic E-state index is 0.0398. The van der Waals surface area contributed by atoms with Crippen LogP contribution in [-0.4, -0.2) is 52.0 Å². The highest BCUT2D eigenvalue weighted by Gasteiger charge is 2.59. The van der Waals surface area contributed by atoms with Crippen LogP contribution in [0.15, 0.2) is 29.2 Å². The Bertz CT molecular complexity index is 533. The van der Waals surface area contributed by atoms with Crippen molar-refractivity contribution in [2.75, 3.05) is 13.2 Å². The van der Waals surface area contributed by atoms with Gasteiger partial charge in [0, 0.05) is 18.8 Å². The van der Waals surface area contributed by atoms with Gasteiger partial charge in [0.05, 0.1) is 6.61 Å². The predicted molar refractivity (Wildman–Crippen MR) is 64.4 cm³/mol. The van der Waals surface area contributed by atoms with Crippen molar-refractivity contribution in [3.8, 4) is 0 Å². The Balaban J connectivity index is 2.01. The van der Waals surface area contributed by atoms with E-state index in [2.05, 4.69) is 0 Å². The first-order valence-corrected chi connectivity index (χ1v) is 6.12. The largest absolute Gasteiger partial charge is 0.388 e. The third-order valence-corrected chi connectivity index (χ3v) is 3.85. The number of hydrogen-bond acceptors (Lipinski definition) is 6. The van der Waals surface area contributed by atoms with Crippen LogP contribution < -0.4 is 11.3 Å². The standard InChI is InChI=1S/C12H16N2O5/c13-5-12-6-18-11(19-12)8(9(16)10(12)17)14-4-2-1-3-7(14)15/h1-4,8-11,16-17H,5-6,13H2/t8?,9-,10-,11?,12+/m1/s1. The lowest BCUT2D eigenvalue weighted by Gasteiger charge is -2.42. The minimum atomic E-state index is -1.20. The molecule has 0 saturated carbocycles. The lowest BCUT2D eigenvalue weighted by atomic mass is 9.88. The second-order valence-corrected chi connectivity index (χ2v) is 4.94. The second kappa shape index (κ2) is 4.39. The normalized spacial score (nSPS) is 41.4. The van der Waals surface area contributed by atoms with Crippen molar-refractivity contribution in [3.05, 3.63) is 34.7 Å². The smallest absolute Gasteiger partial charge is 0.251 e. The molecule has 0 aromatic carbocycles. The van der Waals surface area contributed by atoms with Crippen LogP contribution in [0.2, 0.25) is 0 Å². The third kappa shape index (κ3) is 1.74. The number of aliphatic hydroxyl groups is 2. The summed E-state index contributed by atoms with van der Waals surface area (Å²) in [6.45, 7) is 0.141. The van der Waals surface area contributed by atoms with Gasteiger partial charge in [-0.3, -0.25) is 4.79 Å². The predicted octanol–water partition coefficient (Wildman–Crippen LogP) is -1.80. The fraction of sp³-hybridized carbons (Fsp3) is 0.583. The van der Waals surface area contributed by atoms with E-state index in [1.54, 1.807) is 12.1 Å². The van der Waals surface area contributed by atoms with Gasteiger partial charge >= 0.3 is 0 Å². The van der Waals surface area contributed by atoms with Crippen LogP contribution in [0.5, 0.6) is 0 Å². The summed E-state index contributed by atoms with van der Waals surface area (Å²) in [5.74, 6) is 0. The van der Waals surface area contributed by atoms with Crippen molar-refractivity contribution < 1.29 is 19.7 Å². The number of rotatable bonds is 2. The average Bonchev–Trinajstić information content (AvgIpc) is 2.81. The van der Waals surface area contributed by atoms with Crippen LogP contribution in [0.3, 0.4) is 0 Å². The molecule has 2 unspecified atom stereocenters. The van der Waals surface area contributed by atoms with Crippen LogP contribution in [0.1, 0.15) is 6.04 Å². The maximum atomic E-state index is 11.8. The fourth-order valence-electron chi connectivity index (χ4n) is 2.71. The number of hydrogen-bond donors (Lipinski definition) is 3. The average molecular weight is 268 g/mol. The Labute approximate surface area is 109 Å². The maximum Gasteiger partial charge on any atom is 0.251 e. The number of ether oxygens (including phenoxy) is 2. The van der Waals surface area contributed by atoms with Crippen LogP contribution in [0.25, 0.3) is 0 Å². The van der Waals surface area contributed by atoms with Crippen molar-refractivity contribution in [1.82, 2.24) is 4.57 Å². The van der Waals surface area contributed by atoms with Gasteiger partial charge in [-0.2, -0.15) is 0 Å². The van der Waals surface area contributed by atoms with Gasteiger partial charge in [0.15, 0.2) is 6.29 Å². The van der Waals surface area contributed by atoms with Crippen LogP contribution in [0.4, 0.5) is 0 Å². The van der Waals surface area contributed by atoms with Gasteiger partial charge in [-0.15, -0.1) is 0 Å². The van der Waals surface area contributed by atoms with Crippen molar-refractivity contribution in [3.63, 3.8) is 0 Å². The highest BCUT2D eigenvalue weighted by atomic mass is 16.7. The van der Waals surface area contributed by atoms with E-state index in [9.17, 15) is 15.0 Å². The molecule has 7 nitrogen and oxygen atoms in total. The summed E-state index contributed by atoms with van der Waals surface area (Å²) in [7, 11) is 0. The van der Waals surface area contributed by atoms with E-state index in [4.69, 9.17) is 15.2 Å². The molecule has 1 aromatic rings. The number of fused-ring (bicyclic) bond motifs is 2. The van der Waals surface area contributed by atoms with E-state index >= 15 is 0 Å². The van der Waals surface area contributed by atoms with E-state index in [0.29, 0.717) is 0 Å². The van der Waals surface area contributed by atoms with E-state index in [-0.39, 0.29) is 18.7 Å². The second-order valence-electron chi connectivity index (χ2n) is 4.94. The maximum absolute atomic E-state index is 11.8. The summed E-state index contributed by atoms with van der Waals surface area (Å²) in [6, 6.07) is 3.86. The van der Waals surface area contributed by atoms with Crippen molar-refractivity contribution >= 4 is 0 Å².